The lowest BCUT2D eigenvalue weighted by Crippen LogP contribution is -2.28. The third-order valence-corrected chi connectivity index (χ3v) is 1.21. The Morgan fingerprint density at radius 1 is 1.46 bits per heavy atom. The summed E-state index contributed by atoms with van der Waals surface area (Å²) in [5.41, 5.74) is 0. The molecule has 6 heteroatoms. The van der Waals surface area contributed by atoms with Crippen LogP contribution in [0.5, 0.6) is 0 Å². The number of nitrogens with zero attached hydrogens (tertiary/aromatic N) is 2. The second-order valence-corrected chi connectivity index (χ2v) is 2.74. The molecule has 0 aromatic rings. The summed E-state index contributed by atoms with van der Waals surface area (Å²) >= 11 is 0. The highest BCUT2D eigenvalue weighted by Gasteiger charge is 2.23. The molecule has 0 aliphatic rings. The van der Waals surface area contributed by atoms with Crippen LogP contribution in [0.25, 0.3) is 0 Å². The summed E-state index contributed by atoms with van der Waals surface area (Å²) in [7, 11) is 1.20. The number of methoxy groups -OCH3 is 1. The minimum absolute atomic E-state index is 0.172. The second-order valence-electron chi connectivity index (χ2n) is 2.74. The van der Waals surface area contributed by atoms with E-state index in [9.17, 15) is 10.0 Å². The molecule has 0 amide bonds. The molecule has 0 heterocycles. The summed E-state index contributed by atoms with van der Waals surface area (Å²) in [4.78, 5) is 15.6. The van der Waals surface area contributed by atoms with Crippen molar-refractivity contribution in [2.45, 2.75) is 32.9 Å². The Labute approximate surface area is 76.7 Å². The largest absolute Gasteiger partial charge is 0.597 e. The van der Waals surface area contributed by atoms with Crippen LogP contribution in [0, 0.1) is 5.21 Å². The molecule has 0 spiro atoms. The second kappa shape index (κ2) is 5.34. The zero-order valence-electron chi connectivity index (χ0n) is 8.18. The zero-order valence-corrected chi connectivity index (χ0v) is 8.18. The number of carbonyl (C=O) groups is 1. The number of ether oxygens (including phenoxy) is 1. The molecule has 0 radical (unpaired) electrons. The summed E-state index contributed by atoms with van der Waals surface area (Å²) in [6.07, 6.45) is -0.193. The average Bonchev–Trinajstić information content (AvgIpc) is 2.11. The number of carbonyl (C=O) groups excluding carboxylic acids is 1. The minimum atomic E-state index is -0.983. The maximum Gasteiger partial charge on any atom is 0.378 e. The van der Waals surface area contributed by atoms with Crippen molar-refractivity contribution in [3.63, 3.8) is 0 Å². The highest BCUT2D eigenvalue weighted by atomic mass is 16.7. The van der Waals surface area contributed by atoms with E-state index in [1.54, 1.807) is 13.8 Å². The fourth-order valence-electron chi connectivity index (χ4n) is 0.472. The van der Waals surface area contributed by atoms with Crippen molar-refractivity contribution < 1.29 is 19.2 Å². The van der Waals surface area contributed by atoms with Gasteiger partial charge >= 0.3 is 5.97 Å². The van der Waals surface area contributed by atoms with Crippen LogP contribution in [0.4, 0.5) is 0 Å². The number of hydroxylamine groups is 1. The first-order valence-corrected chi connectivity index (χ1v) is 3.90. The van der Waals surface area contributed by atoms with Crippen molar-refractivity contribution in [1.82, 2.24) is 0 Å². The Morgan fingerprint density at radius 2 is 2.00 bits per heavy atom. The van der Waals surface area contributed by atoms with Gasteiger partial charge in [0.1, 0.15) is 6.10 Å². The molecule has 1 unspecified atom stereocenters. The maximum absolute atomic E-state index is 11.0. The monoisotopic (exact) mass is 190 g/mol. The van der Waals surface area contributed by atoms with Crippen molar-refractivity contribution in [2.24, 2.45) is 5.28 Å². The van der Waals surface area contributed by atoms with Crippen LogP contribution in [-0.2, 0) is 14.4 Å². The van der Waals surface area contributed by atoms with E-state index in [4.69, 9.17) is 0 Å². The molecule has 0 aliphatic carbocycles. The fourth-order valence-corrected chi connectivity index (χ4v) is 0.472. The van der Waals surface area contributed by atoms with Gasteiger partial charge in [0.05, 0.1) is 7.11 Å². The molecule has 0 fully saturated rings. The average molecular weight is 190 g/mol. The van der Waals surface area contributed by atoms with E-state index in [2.05, 4.69) is 14.9 Å². The Kier molecular flexibility index (Phi) is 4.79. The first-order valence-electron chi connectivity index (χ1n) is 3.90. The molecule has 6 nitrogen and oxygen atoms in total. The summed E-state index contributed by atoms with van der Waals surface area (Å²) in [6.45, 7) is 4.83. The van der Waals surface area contributed by atoms with Crippen LogP contribution in [0.3, 0.4) is 0 Å². The molecular formula is C7H14N2O4. The summed E-state index contributed by atoms with van der Waals surface area (Å²) in [5.74, 6) is -0.647. The lowest BCUT2D eigenvalue weighted by Gasteiger charge is -2.07. The van der Waals surface area contributed by atoms with E-state index < -0.39 is 12.0 Å². The number of hydrogen-bond donors (Lipinski definition) is 0. The Hall–Kier alpha value is -1.33. The van der Waals surface area contributed by atoms with Gasteiger partial charge in [-0.05, 0) is 18.7 Å². The van der Waals surface area contributed by atoms with E-state index in [-0.39, 0.29) is 11.0 Å². The van der Waals surface area contributed by atoms with Gasteiger partial charge in [-0.15, -0.1) is 0 Å². The van der Waals surface area contributed by atoms with E-state index in [1.165, 1.54) is 14.0 Å². The van der Waals surface area contributed by atoms with E-state index >= 15 is 0 Å². The van der Waals surface area contributed by atoms with Crippen molar-refractivity contribution in [1.29, 1.82) is 0 Å². The van der Waals surface area contributed by atoms with Crippen LogP contribution in [0.1, 0.15) is 20.8 Å². The van der Waals surface area contributed by atoms with Crippen molar-refractivity contribution in [3.8, 4) is 0 Å². The minimum Gasteiger partial charge on any atom is -0.597 e. The predicted octanol–water partition coefficient (Wildman–Crippen LogP) is 0.850. The molecule has 1 atom stereocenters. The van der Waals surface area contributed by atoms with E-state index in [0.29, 0.717) is 0 Å². The number of hydrogen-bond acceptors (Lipinski definition) is 5. The van der Waals surface area contributed by atoms with Gasteiger partial charge in [-0.3, -0.25) is 0 Å². The molecule has 0 aliphatic heterocycles. The third-order valence-electron chi connectivity index (χ3n) is 1.21. The Bertz CT molecular complexity index is 203. The van der Waals surface area contributed by atoms with Crippen LogP contribution in [-0.4, -0.2) is 30.1 Å². The number of esters is 1. The summed E-state index contributed by atoms with van der Waals surface area (Å²) in [6, 6.07) is -0.983. The fraction of sp³-hybridized carbons (Fsp3) is 0.857. The van der Waals surface area contributed by atoms with Crippen molar-refractivity contribution >= 4 is 5.97 Å². The van der Waals surface area contributed by atoms with E-state index in [1.807, 2.05) is 0 Å². The first kappa shape index (κ1) is 11.7. The Morgan fingerprint density at radius 3 is 2.38 bits per heavy atom. The molecule has 0 aromatic heterocycles. The topological polar surface area (TPSA) is 74.0 Å². The molecule has 0 N–H and O–H groups in total. The summed E-state index contributed by atoms with van der Waals surface area (Å²) < 4.78 is 4.34. The predicted molar refractivity (Wildman–Crippen MR) is 43.8 cm³/mol. The van der Waals surface area contributed by atoms with Gasteiger partial charge in [-0.25, -0.2) is 4.79 Å². The van der Waals surface area contributed by atoms with Gasteiger partial charge in [-0.2, -0.15) is 0 Å². The molecule has 13 heavy (non-hydrogen) atoms. The van der Waals surface area contributed by atoms with Gasteiger partial charge in [-0.1, -0.05) is 0 Å². The first-order chi connectivity index (χ1) is 5.99. The van der Waals surface area contributed by atoms with Gasteiger partial charge in [0, 0.05) is 6.92 Å². The third kappa shape index (κ3) is 4.29. The van der Waals surface area contributed by atoms with Gasteiger partial charge in [0.2, 0.25) is 5.28 Å². The summed E-state index contributed by atoms with van der Waals surface area (Å²) in [5, 5.41) is 14.1. The SMILES string of the molecule is COC(=O)C(C)/[N+]([O-])=N/OC(C)C. The molecule has 0 bridgehead atoms. The van der Waals surface area contributed by atoms with Crippen LogP contribution < -0.4 is 0 Å². The number of rotatable bonds is 4. The standard InChI is InChI=1S/C7H14N2O4/c1-5(2)13-8-9(11)6(3)7(10)12-4/h5-6H,1-4H3/b9-8-. The van der Waals surface area contributed by atoms with Crippen LogP contribution in [0.2, 0.25) is 0 Å². The Balaban J connectivity index is 4.15. The lowest BCUT2D eigenvalue weighted by atomic mass is 10.4. The molecule has 0 saturated heterocycles. The van der Waals surface area contributed by atoms with Gasteiger partial charge in [0.15, 0.2) is 0 Å². The quantitative estimate of drug-likeness (QED) is 0.285. The lowest BCUT2D eigenvalue weighted by molar-refractivity contribution is -0.581. The smallest absolute Gasteiger partial charge is 0.378 e. The normalized spacial score (nSPS) is 14.1. The van der Waals surface area contributed by atoms with Crippen LogP contribution >= 0.6 is 0 Å². The maximum atomic E-state index is 11.0. The molecule has 0 saturated carbocycles. The molecule has 76 valence electrons. The molecule has 0 rings (SSSR count). The zero-order chi connectivity index (χ0) is 10.4. The van der Waals surface area contributed by atoms with Gasteiger partial charge < -0.3 is 14.8 Å². The van der Waals surface area contributed by atoms with Crippen molar-refractivity contribution in [2.75, 3.05) is 7.11 Å². The van der Waals surface area contributed by atoms with E-state index in [0.717, 1.165) is 0 Å². The highest BCUT2D eigenvalue weighted by Crippen LogP contribution is 1.96. The van der Waals surface area contributed by atoms with Crippen molar-refractivity contribution in [3.05, 3.63) is 5.21 Å². The molecule has 0 aromatic carbocycles. The van der Waals surface area contributed by atoms with Gasteiger partial charge in [0.25, 0.3) is 6.04 Å². The van der Waals surface area contributed by atoms with Crippen LogP contribution in [0.15, 0.2) is 5.28 Å². The highest BCUT2D eigenvalue weighted by molar-refractivity contribution is 5.73. The molecular weight excluding hydrogens is 176 g/mol.